The van der Waals surface area contributed by atoms with Crippen LogP contribution in [0, 0.1) is 10.1 Å². The number of nitro benzene ring substituents is 1. The standard InChI is InChI=1S/C23H23N3O5/c1-3-4-11-31-21-13-15(5-8-20(21)30-2)12-16-9-10-25-22(16)24-19-7-6-17(26(28)29)14-18(19)23(25)27/h5-8,12-14H,3-4,9-11H2,1-2H3/b16-12+. The summed E-state index contributed by atoms with van der Waals surface area (Å²) >= 11 is 0. The van der Waals surface area contributed by atoms with E-state index in [2.05, 4.69) is 11.9 Å². The van der Waals surface area contributed by atoms with E-state index in [1.807, 2.05) is 24.3 Å². The molecule has 2 aromatic carbocycles. The van der Waals surface area contributed by atoms with Crippen LogP contribution in [0.25, 0.3) is 22.6 Å². The first-order valence-electron chi connectivity index (χ1n) is 10.2. The van der Waals surface area contributed by atoms with E-state index in [1.165, 1.54) is 18.2 Å². The van der Waals surface area contributed by atoms with Gasteiger partial charge in [0.05, 0.1) is 29.5 Å². The predicted molar refractivity (Wildman–Crippen MR) is 119 cm³/mol. The van der Waals surface area contributed by atoms with Gasteiger partial charge in [0.15, 0.2) is 11.5 Å². The summed E-state index contributed by atoms with van der Waals surface area (Å²) in [7, 11) is 1.61. The molecule has 0 saturated carbocycles. The van der Waals surface area contributed by atoms with Crippen LogP contribution < -0.4 is 15.0 Å². The van der Waals surface area contributed by atoms with Gasteiger partial charge >= 0.3 is 0 Å². The molecule has 0 amide bonds. The van der Waals surface area contributed by atoms with Gasteiger partial charge in [-0.05, 0) is 48.3 Å². The number of aromatic nitrogens is 2. The molecule has 160 valence electrons. The lowest BCUT2D eigenvalue weighted by atomic mass is 10.1. The van der Waals surface area contributed by atoms with Crippen LogP contribution in [0.15, 0.2) is 41.2 Å². The summed E-state index contributed by atoms with van der Waals surface area (Å²) in [6, 6.07) is 9.91. The third kappa shape index (κ3) is 4.01. The summed E-state index contributed by atoms with van der Waals surface area (Å²) < 4.78 is 12.8. The zero-order valence-corrected chi connectivity index (χ0v) is 17.5. The van der Waals surface area contributed by atoms with Crippen molar-refractivity contribution in [2.75, 3.05) is 13.7 Å². The van der Waals surface area contributed by atoms with Gasteiger partial charge in [-0.2, -0.15) is 0 Å². The second-order valence-electron chi connectivity index (χ2n) is 7.38. The van der Waals surface area contributed by atoms with Gasteiger partial charge in [-0.1, -0.05) is 19.4 Å². The Morgan fingerprint density at radius 2 is 2.06 bits per heavy atom. The summed E-state index contributed by atoms with van der Waals surface area (Å²) in [6.45, 7) is 3.21. The van der Waals surface area contributed by atoms with E-state index in [9.17, 15) is 14.9 Å². The molecule has 0 radical (unpaired) electrons. The largest absolute Gasteiger partial charge is 0.493 e. The number of hydrogen-bond donors (Lipinski definition) is 0. The Morgan fingerprint density at radius 3 is 2.81 bits per heavy atom. The molecule has 0 saturated heterocycles. The Hall–Kier alpha value is -3.68. The van der Waals surface area contributed by atoms with E-state index < -0.39 is 4.92 Å². The Morgan fingerprint density at radius 1 is 1.23 bits per heavy atom. The highest BCUT2D eigenvalue weighted by molar-refractivity contribution is 5.86. The Kier molecular flexibility index (Phi) is 5.70. The first-order chi connectivity index (χ1) is 15.0. The van der Waals surface area contributed by atoms with Gasteiger partial charge in [0.1, 0.15) is 5.82 Å². The molecule has 2 heterocycles. The molecule has 0 spiro atoms. The fraction of sp³-hybridized carbons (Fsp3) is 0.304. The van der Waals surface area contributed by atoms with E-state index in [0.29, 0.717) is 42.4 Å². The number of unbranched alkanes of at least 4 members (excludes halogenated alkanes) is 1. The zero-order chi connectivity index (χ0) is 22.0. The van der Waals surface area contributed by atoms with Gasteiger partial charge in [0, 0.05) is 18.7 Å². The molecule has 0 fully saturated rings. The van der Waals surface area contributed by atoms with E-state index in [-0.39, 0.29) is 16.6 Å². The lowest BCUT2D eigenvalue weighted by Gasteiger charge is -2.11. The third-order valence-corrected chi connectivity index (χ3v) is 5.32. The van der Waals surface area contributed by atoms with E-state index in [4.69, 9.17) is 9.47 Å². The predicted octanol–water partition coefficient (Wildman–Crippen LogP) is 4.44. The van der Waals surface area contributed by atoms with Gasteiger partial charge in [-0.15, -0.1) is 0 Å². The smallest absolute Gasteiger partial charge is 0.270 e. The van der Waals surface area contributed by atoms with Crippen molar-refractivity contribution in [2.24, 2.45) is 0 Å². The fourth-order valence-corrected chi connectivity index (χ4v) is 3.68. The Balaban J connectivity index is 1.73. The number of fused-ring (bicyclic) bond motifs is 2. The zero-order valence-electron chi connectivity index (χ0n) is 17.5. The number of nitro groups is 1. The maximum Gasteiger partial charge on any atom is 0.270 e. The van der Waals surface area contributed by atoms with Gasteiger partial charge in [-0.3, -0.25) is 19.5 Å². The molecular weight excluding hydrogens is 398 g/mol. The molecule has 0 aliphatic carbocycles. The van der Waals surface area contributed by atoms with Crippen molar-refractivity contribution in [3.63, 3.8) is 0 Å². The van der Waals surface area contributed by atoms with Crippen molar-refractivity contribution in [3.8, 4) is 11.5 Å². The molecule has 0 unspecified atom stereocenters. The Labute approximate surface area is 178 Å². The fourth-order valence-electron chi connectivity index (χ4n) is 3.68. The van der Waals surface area contributed by atoms with Crippen molar-refractivity contribution in [3.05, 3.63) is 68.3 Å². The summed E-state index contributed by atoms with van der Waals surface area (Å²) in [4.78, 5) is 28.1. The molecule has 1 aromatic heterocycles. The molecule has 31 heavy (non-hydrogen) atoms. The first kappa shape index (κ1) is 20.6. The summed E-state index contributed by atoms with van der Waals surface area (Å²) in [5, 5.41) is 11.3. The summed E-state index contributed by atoms with van der Waals surface area (Å²) in [6.07, 6.45) is 4.65. The van der Waals surface area contributed by atoms with Crippen molar-refractivity contribution in [2.45, 2.75) is 32.7 Å². The molecule has 0 N–H and O–H groups in total. The lowest BCUT2D eigenvalue weighted by Crippen LogP contribution is -2.20. The highest BCUT2D eigenvalue weighted by Gasteiger charge is 2.22. The molecule has 0 atom stereocenters. The number of nitrogens with zero attached hydrogens (tertiary/aromatic N) is 3. The van der Waals surface area contributed by atoms with E-state index in [1.54, 1.807) is 11.7 Å². The summed E-state index contributed by atoms with van der Waals surface area (Å²) in [5.74, 6) is 1.95. The van der Waals surface area contributed by atoms with Crippen molar-refractivity contribution in [1.82, 2.24) is 9.55 Å². The average Bonchev–Trinajstić information content (AvgIpc) is 3.17. The van der Waals surface area contributed by atoms with Gasteiger partial charge in [0.25, 0.3) is 11.2 Å². The van der Waals surface area contributed by atoms with Crippen LogP contribution in [-0.4, -0.2) is 28.2 Å². The minimum Gasteiger partial charge on any atom is -0.493 e. The van der Waals surface area contributed by atoms with Crippen LogP contribution in [0.1, 0.15) is 37.6 Å². The second kappa shape index (κ2) is 8.59. The van der Waals surface area contributed by atoms with Gasteiger partial charge in [-0.25, -0.2) is 4.98 Å². The normalized spacial score (nSPS) is 14.1. The lowest BCUT2D eigenvalue weighted by molar-refractivity contribution is -0.384. The number of rotatable bonds is 7. The number of ether oxygens (including phenoxy) is 2. The van der Waals surface area contributed by atoms with Crippen molar-refractivity contribution < 1.29 is 14.4 Å². The van der Waals surface area contributed by atoms with Crippen molar-refractivity contribution >= 4 is 28.2 Å². The highest BCUT2D eigenvalue weighted by Crippen LogP contribution is 2.32. The maximum absolute atomic E-state index is 12.9. The van der Waals surface area contributed by atoms with Crippen LogP contribution in [0.5, 0.6) is 11.5 Å². The molecule has 4 rings (SSSR count). The second-order valence-corrected chi connectivity index (χ2v) is 7.38. The Bertz CT molecular complexity index is 1250. The van der Waals surface area contributed by atoms with Crippen LogP contribution in [0.2, 0.25) is 0 Å². The average molecular weight is 421 g/mol. The number of benzene rings is 2. The molecule has 3 aromatic rings. The third-order valence-electron chi connectivity index (χ3n) is 5.32. The van der Waals surface area contributed by atoms with Crippen LogP contribution in [0.4, 0.5) is 5.69 Å². The van der Waals surface area contributed by atoms with Crippen molar-refractivity contribution in [1.29, 1.82) is 0 Å². The molecule has 8 nitrogen and oxygen atoms in total. The molecule has 1 aliphatic rings. The summed E-state index contributed by atoms with van der Waals surface area (Å²) in [5.41, 5.74) is 1.93. The maximum atomic E-state index is 12.9. The minimum absolute atomic E-state index is 0.116. The number of non-ortho nitro benzene ring substituents is 1. The topological polar surface area (TPSA) is 96.5 Å². The monoisotopic (exact) mass is 421 g/mol. The molecular formula is C23H23N3O5. The van der Waals surface area contributed by atoms with Gasteiger partial charge < -0.3 is 9.47 Å². The highest BCUT2D eigenvalue weighted by atomic mass is 16.6. The van der Waals surface area contributed by atoms with Gasteiger partial charge in [0.2, 0.25) is 0 Å². The van der Waals surface area contributed by atoms with Crippen LogP contribution in [-0.2, 0) is 6.54 Å². The van der Waals surface area contributed by atoms with Crippen LogP contribution in [0.3, 0.4) is 0 Å². The molecule has 8 heteroatoms. The molecule has 1 aliphatic heterocycles. The minimum atomic E-state index is -0.508. The number of methoxy groups -OCH3 is 1. The number of hydrogen-bond acceptors (Lipinski definition) is 6. The van der Waals surface area contributed by atoms with E-state index >= 15 is 0 Å². The van der Waals surface area contributed by atoms with E-state index in [0.717, 1.165) is 24.0 Å². The van der Waals surface area contributed by atoms with Crippen LogP contribution >= 0.6 is 0 Å². The number of allylic oxidation sites excluding steroid dienone is 1. The SMILES string of the molecule is CCCCOc1cc(/C=C2\CCn3c2nc2ccc([N+](=O)[O-])cc2c3=O)ccc1OC. The quantitative estimate of drug-likeness (QED) is 0.318. The molecule has 0 bridgehead atoms. The first-order valence-corrected chi connectivity index (χ1v) is 10.2.